The number of amides is 3. The Morgan fingerprint density at radius 1 is 1.39 bits per heavy atom. The second-order valence-corrected chi connectivity index (χ2v) is 4.95. The van der Waals surface area contributed by atoms with Crippen LogP contribution in [0.3, 0.4) is 0 Å². The zero-order chi connectivity index (χ0) is 13.0. The van der Waals surface area contributed by atoms with Gasteiger partial charge in [-0.1, -0.05) is 0 Å². The zero-order valence-electron chi connectivity index (χ0n) is 10.9. The minimum Gasteiger partial charge on any atom is -0.379 e. The Labute approximate surface area is 107 Å². The average molecular weight is 255 g/mol. The fourth-order valence-electron chi connectivity index (χ4n) is 2.27. The number of carbonyl (C=O) groups is 2. The molecule has 2 saturated heterocycles. The third-order valence-electron chi connectivity index (χ3n) is 3.44. The monoisotopic (exact) mass is 255 g/mol. The molecule has 6 nitrogen and oxygen atoms in total. The van der Waals surface area contributed by atoms with Gasteiger partial charge in [0.15, 0.2) is 0 Å². The molecular formula is C12H21N3O3. The van der Waals surface area contributed by atoms with Gasteiger partial charge >= 0.3 is 6.03 Å². The molecule has 18 heavy (non-hydrogen) atoms. The van der Waals surface area contributed by atoms with E-state index in [0.717, 1.165) is 32.4 Å². The van der Waals surface area contributed by atoms with Gasteiger partial charge in [-0.15, -0.1) is 0 Å². The van der Waals surface area contributed by atoms with Gasteiger partial charge in [0.2, 0.25) is 5.91 Å². The molecule has 2 fully saturated rings. The molecule has 0 bridgehead atoms. The van der Waals surface area contributed by atoms with Crippen molar-refractivity contribution in [2.45, 2.75) is 25.3 Å². The van der Waals surface area contributed by atoms with Gasteiger partial charge in [0.25, 0.3) is 0 Å². The highest BCUT2D eigenvalue weighted by molar-refractivity contribution is 5.84. The molecule has 0 aromatic carbocycles. The van der Waals surface area contributed by atoms with Gasteiger partial charge in [-0.2, -0.15) is 0 Å². The average Bonchev–Trinajstić information content (AvgIpc) is 3.01. The summed E-state index contributed by atoms with van der Waals surface area (Å²) in [6.07, 6.45) is 2.99. The molecule has 102 valence electrons. The molecule has 2 aliphatic rings. The van der Waals surface area contributed by atoms with E-state index in [1.54, 1.807) is 7.05 Å². The molecule has 0 spiro atoms. The molecule has 3 amide bonds. The minimum absolute atomic E-state index is 0.0350. The summed E-state index contributed by atoms with van der Waals surface area (Å²) in [6.45, 7) is 3.07. The van der Waals surface area contributed by atoms with Crippen molar-refractivity contribution in [3.05, 3.63) is 0 Å². The number of hydrogen-bond acceptors (Lipinski definition) is 3. The first-order valence-electron chi connectivity index (χ1n) is 6.54. The number of likely N-dealkylation sites (N-methyl/N-ethyl adjacent to an activating group) is 1. The standard InChI is InChI=1S/C12H21N3O3/c1-14(8-11(16)15-5-2-3-6-15)12(17)13-10-4-7-18-9-10/h10H,2-9H2,1H3,(H,13,17). The zero-order valence-corrected chi connectivity index (χ0v) is 10.9. The molecule has 1 unspecified atom stereocenters. The van der Waals surface area contributed by atoms with Gasteiger partial charge in [-0.25, -0.2) is 4.79 Å². The Balaban J connectivity index is 1.73. The van der Waals surface area contributed by atoms with Crippen molar-refractivity contribution < 1.29 is 14.3 Å². The van der Waals surface area contributed by atoms with Crippen LogP contribution in [0.1, 0.15) is 19.3 Å². The van der Waals surface area contributed by atoms with Gasteiger partial charge < -0.3 is 19.9 Å². The summed E-state index contributed by atoms with van der Waals surface area (Å²) < 4.78 is 5.19. The number of urea groups is 1. The van der Waals surface area contributed by atoms with Crippen LogP contribution in [0.2, 0.25) is 0 Å². The predicted octanol–water partition coefficient (Wildman–Crippen LogP) is 0.0391. The van der Waals surface area contributed by atoms with Crippen LogP contribution in [0.5, 0.6) is 0 Å². The molecule has 2 rings (SSSR count). The van der Waals surface area contributed by atoms with Crippen LogP contribution in [0, 0.1) is 0 Å². The molecule has 0 aromatic heterocycles. The van der Waals surface area contributed by atoms with Crippen molar-refractivity contribution >= 4 is 11.9 Å². The largest absolute Gasteiger partial charge is 0.379 e. The molecule has 2 aliphatic heterocycles. The minimum atomic E-state index is -0.196. The Bertz CT molecular complexity index is 310. The summed E-state index contributed by atoms with van der Waals surface area (Å²) in [7, 11) is 1.65. The summed E-state index contributed by atoms with van der Waals surface area (Å²) >= 11 is 0. The maximum absolute atomic E-state index is 11.9. The number of likely N-dealkylation sites (tertiary alicyclic amines) is 1. The maximum atomic E-state index is 11.9. The van der Waals surface area contributed by atoms with Crippen LogP contribution in [0.15, 0.2) is 0 Å². The van der Waals surface area contributed by atoms with E-state index in [2.05, 4.69) is 5.32 Å². The number of ether oxygens (including phenoxy) is 1. The molecule has 0 saturated carbocycles. The molecule has 0 radical (unpaired) electrons. The molecule has 0 aliphatic carbocycles. The predicted molar refractivity (Wildman–Crippen MR) is 66.2 cm³/mol. The van der Waals surface area contributed by atoms with Gasteiger partial charge in [-0.3, -0.25) is 4.79 Å². The summed E-state index contributed by atoms with van der Waals surface area (Å²) in [5.41, 5.74) is 0. The Hall–Kier alpha value is -1.30. The molecular weight excluding hydrogens is 234 g/mol. The van der Waals surface area contributed by atoms with Crippen LogP contribution in [-0.2, 0) is 9.53 Å². The van der Waals surface area contributed by atoms with Crippen LogP contribution in [0.25, 0.3) is 0 Å². The van der Waals surface area contributed by atoms with Crippen LogP contribution < -0.4 is 5.32 Å². The second-order valence-electron chi connectivity index (χ2n) is 4.95. The van der Waals surface area contributed by atoms with Gasteiger partial charge in [0, 0.05) is 26.7 Å². The van der Waals surface area contributed by atoms with E-state index in [-0.39, 0.29) is 24.5 Å². The highest BCUT2D eigenvalue weighted by Gasteiger charge is 2.23. The van der Waals surface area contributed by atoms with Gasteiger partial charge in [0.05, 0.1) is 12.6 Å². The van der Waals surface area contributed by atoms with E-state index < -0.39 is 0 Å². The van der Waals surface area contributed by atoms with Crippen molar-refractivity contribution in [3.63, 3.8) is 0 Å². The SMILES string of the molecule is CN(CC(=O)N1CCCC1)C(=O)NC1CCOC1. The lowest BCUT2D eigenvalue weighted by molar-refractivity contribution is -0.130. The first kappa shape index (κ1) is 13.1. The lowest BCUT2D eigenvalue weighted by Gasteiger charge is -2.23. The van der Waals surface area contributed by atoms with E-state index in [9.17, 15) is 9.59 Å². The highest BCUT2D eigenvalue weighted by atomic mass is 16.5. The van der Waals surface area contributed by atoms with E-state index in [0.29, 0.717) is 13.2 Å². The topological polar surface area (TPSA) is 61.9 Å². The van der Waals surface area contributed by atoms with Crippen molar-refractivity contribution in [3.8, 4) is 0 Å². The highest BCUT2D eigenvalue weighted by Crippen LogP contribution is 2.08. The summed E-state index contributed by atoms with van der Waals surface area (Å²) in [6, 6.07) is -0.111. The molecule has 0 aromatic rings. The van der Waals surface area contributed by atoms with E-state index in [4.69, 9.17) is 4.74 Å². The Kier molecular flexibility index (Phi) is 4.41. The van der Waals surface area contributed by atoms with Crippen molar-refractivity contribution in [2.24, 2.45) is 0 Å². The fourth-order valence-corrected chi connectivity index (χ4v) is 2.27. The number of nitrogens with one attached hydrogen (secondary N) is 1. The smallest absolute Gasteiger partial charge is 0.317 e. The Morgan fingerprint density at radius 3 is 2.72 bits per heavy atom. The van der Waals surface area contributed by atoms with Crippen LogP contribution in [0.4, 0.5) is 4.79 Å². The van der Waals surface area contributed by atoms with Crippen LogP contribution >= 0.6 is 0 Å². The van der Waals surface area contributed by atoms with E-state index in [1.807, 2.05) is 4.90 Å². The van der Waals surface area contributed by atoms with Crippen LogP contribution in [-0.4, -0.2) is 67.7 Å². The number of nitrogens with zero attached hydrogens (tertiary/aromatic N) is 2. The summed E-state index contributed by atoms with van der Waals surface area (Å²) in [4.78, 5) is 27.0. The summed E-state index contributed by atoms with van der Waals surface area (Å²) in [5, 5.41) is 2.87. The summed E-state index contributed by atoms with van der Waals surface area (Å²) in [5.74, 6) is 0.0350. The fraction of sp³-hybridized carbons (Fsp3) is 0.833. The number of hydrogen-bond donors (Lipinski definition) is 1. The van der Waals surface area contributed by atoms with Crippen molar-refractivity contribution in [1.82, 2.24) is 15.1 Å². The van der Waals surface area contributed by atoms with E-state index >= 15 is 0 Å². The van der Waals surface area contributed by atoms with Crippen molar-refractivity contribution in [1.29, 1.82) is 0 Å². The number of rotatable bonds is 3. The molecule has 2 heterocycles. The molecule has 1 N–H and O–H groups in total. The third kappa shape index (κ3) is 3.35. The molecule has 6 heteroatoms. The van der Waals surface area contributed by atoms with Gasteiger partial charge in [0.1, 0.15) is 6.54 Å². The second kappa shape index (κ2) is 6.04. The Morgan fingerprint density at radius 2 is 2.11 bits per heavy atom. The third-order valence-corrected chi connectivity index (χ3v) is 3.44. The first-order chi connectivity index (χ1) is 8.66. The quantitative estimate of drug-likeness (QED) is 0.774. The van der Waals surface area contributed by atoms with Crippen molar-refractivity contribution in [2.75, 3.05) is 39.9 Å². The van der Waals surface area contributed by atoms with Gasteiger partial charge in [-0.05, 0) is 19.3 Å². The first-order valence-corrected chi connectivity index (χ1v) is 6.54. The normalized spacial score (nSPS) is 23.2. The van der Waals surface area contributed by atoms with E-state index in [1.165, 1.54) is 4.90 Å². The lowest BCUT2D eigenvalue weighted by Crippen LogP contribution is -2.47. The molecule has 1 atom stereocenters. The lowest BCUT2D eigenvalue weighted by atomic mass is 10.3. The number of carbonyl (C=O) groups excluding carboxylic acids is 2. The maximum Gasteiger partial charge on any atom is 0.317 e.